The number of aliphatic hydroxyl groups excluding tert-OH is 1. The third kappa shape index (κ3) is 2.89. The average molecular weight is 282 g/mol. The Balaban J connectivity index is 2.69. The van der Waals surface area contributed by atoms with Crippen LogP contribution in [0.1, 0.15) is 45.2 Å². The molecule has 0 bridgehead atoms. The van der Waals surface area contributed by atoms with Gasteiger partial charge in [-0.3, -0.25) is 0 Å². The van der Waals surface area contributed by atoms with Gasteiger partial charge in [0.25, 0.3) is 0 Å². The van der Waals surface area contributed by atoms with E-state index < -0.39 is 6.10 Å². The van der Waals surface area contributed by atoms with E-state index >= 15 is 0 Å². The third-order valence-electron chi connectivity index (χ3n) is 4.42. The Morgan fingerprint density at radius 3 is 1.48 bits per heavy atom. The fraction of sp³-hybridized carbons (Fsp3) is 0.400. The van der Waals surface area contributed by atoms with Crippen molar-refractivity contribution in [2.45, 2.75) is 45.6 Å². The number of hydrogen-bond acceptors (Lipinski definition) is 1. The first-order valence-corrected chi connectivity index (χ1v) is 7.72. The first-order valence-electron chi connectivity index (χ1n) is 7.72. The minimum atomic E-state index is -0.459. The molecule has 0 fully saturated rings. The summed E-state index contributed by atoms with van der Waals surface area (Å²) >= 11 is 0. The van der Waals surface area contributed by atoms with E-state index in [1.807, 2.05) is 12.1 Å². The second-order valence-corrected chi connectivity index (χ2v) is 6.83. The van der Waals surface area contributed by atoms with Gasteiger partial charge >= 0.3 is 0 Å². The Morgan fingerprint density at radius 1 is 0.810 bits per heavy atom. The van der Waals surface area contributed by atoms with Crippen LogP contribution in [0.5, 0.6) is 0 Å². The molecule has 1 atom stereocenters. The van der Waals surface area contributed by atoms with Gasteiger partial charge in [0.05, 0.1) is 6.10 Å². The molecule has 0 radical (unpaired) electrons. The molecule has 112 valence electrons. The van der Waals surface area contributed by atoms with Crippen LogP contribution < -0.4 is 0 Å². The third-order valence-corrected chi connectivity index (χ3v) is 4.42. The molecule has 2 aromatic carbocycles. The van der Waals surface area contributed by atoms with Gasteiger partial charge < -0.3 is 5.11 Å². The van der Waals surface area contributed by atoms with E-state index in [2.05, 4.69) is 76.2 Å². The molecule has 1 N–H and O–H groups in total. The van der Waals surface area contributed by atoms with Gasteiger partial charge in [-0.2, -0.15) is 0 Å². The van der Waals surface area contributed by atoms with Crippen LogP contribution in [0.3, 0.4) is 0 Å². The van der Waals surface area contributed by atoms with Crippen molar-refractivity contribution in [1.29, 1.82) is 0 Å². The molecule has 0 amide bonds. The highest BCUT2D eigenvalue weighted by molar-refractivity contribution is 5.41. The van der Waals surface area contributed by atoms with E-state index in [1.165, 1.54) is 11.1 Å². The van der Waals surface area contributed by atoms with Gasteiger partial charge in [-0.15, -0.1) is 0 Å². The summed E-state index contributed by atoms with van der Waals surface area (Å²) < 4.78 is 0. The predicted molar refractivity (Wildman–Crippen MR) is 89.4 cm³/mol. The van der Waals surface area contributed by atoms with Gasteiger partial charge in [0.1, 0.15) is 0 Å². The quantitative estimate of drug-likeness (QED) is 0.855. The zero-order chi connectivity index (χ0) is 15.5. The molecule has 0 saturated carbocycles. The number of aliphatic hydroxyl groups is 1. The van der Waals surface area contributed by atoms with Crippen molar-refractivity contribution in [3.05, 3.63) is 71.8 Å². The topological polar surface area (TPSA) is 20.2 Å². The summed E-state index contributed by atoms with van der Waals surface area (Å²) in [6, 6.07) is 20.8. The summed E-state index contributed by atoms with van der Waals surface area (Å²) in [6.07, 6.45) is 0.402. The van der Waals surface area contributed by atoms with Crippen LogP contribution in [-0.2, 0) is 5.41 Å². The molecule has 0 aromatic heterocycles. The molecular formula is C20H26O. The Labute approximate surface area is 128 Å². The highest BCUT2D eigenvalue weighted by Gasteiger charge is 2.45. The van der Waals surface area contributed by atoms with Crippen LogP contribution in [0.4, 0.5) is 0 Å². The molecule has 0 aliphatic carbocycles. The lowest BCUT2D eigenvalue weighted by atomic mass is 9.62. The second-order valence-electron chi connectivity index (χ2n) is 6.83. The number of hydrogen-bond donors (Lipinski definition) is 1. The standard InChI is InChI=1S/C20H26O/c1-5-20(18(21)19(2,3)4,16-12-8-6-9-13-16)17-14-10-7-11-15-17/h6-15,18,21H,5H2,1-4H3. The molecule has 1 nitrogen and oxygen atoms in total. The van der Waals surface area contributed by atoms with Crippen molar-refractivity contribution in [3.63, 3.8) is 0 Å². The van der Waals surface area contributed by atoms with E-state index in [4.69, 9.17) is 0 Å². The summed E-state index contributed by atoms with van der Waals surface area (Å²) in [5.74, 6) is 0. The number of rotatable bonds is 4. The summed E-state index contributed by atoms with van der Waals surface area (Å²) in [7, 11) is 0. The summed E-state index contributed by atoms with van der Waals surface area (Å²) in [4.78, 5) is 0. The van der Waals surface area contributed by atoms with Crippen LogP contribution in [-0.4, -0.2) is 11.2 Å². The molecule has 0 saturated heterocycles. The fourth-order valence-electron chi connectivity index (χ4n) is 3.29. The molecule has 1 heteroatoms. The van der Waals surface area contributed by atoms with Gasteiger partial charge in [-0.1, -0.05) is 88.4 Å². The van der Waals surface area contributed by atoms with Crippen LogP contribution in [0, 0.1) is 5.41 Å². The minimum Gasteiger partial charge on any atom is -0.391 e. The van der Waals surface area contributed by atoms with Crippen LogP contribution in [0.25, 0.3) is 0 Å². The smallest absolute Gasteiger partial charge is 0.0725 e. The Hall–Kier alpha value is -1.60. The maximum Gasteiger partial charge on any atom is 0.0725 e. The van der Waals surface area contributed by atoms with E-state index in [-0.39, 0.29) is 10.8 Å². The molecule has 0 heterocycles. The lowest BCUT2D eigenvalue weighted by Crippen LogP contribution is -2.47. The first kappa shape index (κ1) is 15.8. The van der Waals surface area contributed by atoms with E-state index in [0.29, 0.717) is 0 Å². The molecule has 1 unspecified atom stereocenters. The largest absolute Gasteiger partial charge is 0.391 e. The van der Waals surface area contributed by atoms with Crippen molar-refractivity contribution in [2.75, 3.05) is 0 Å². The van der Waals surface area contributed by atoms with Gasteiger partial charge in [0, 0.05) is 5.41 Å². The molecule has 0 aliphatic heterocycles. The van der Waals surface area contributed by atoms with E-state index in [0.717, 1.165) is 6.42 Å². The summed E-state index contributed by atoms with van der Waals surface area (Å²) in [5.41, 5.74) is 1.80. The lowest BCUT2D eigenvalue weighted by molar-refractivity contribution is 0.00536. The van der Waals surface area contributed by atoms with Crippen LogP contribution >= 0.6 is 0 Å². The highest BCUT2D eigenvalue weighted by Crippen LogP contribution is 2.44. The van der Waals surface area contributed by atoms with Crippen LogP contribution in [0.2, 0.25) is 0 Å². The Bertz CT molecular complexity index is 512. The molecule has 0 spiro atoms. The molecule has 2 rings (SSSR count). The van der Waals surface area contributed by atoms with Crippen molar-refractivity contribution >= 4 is 0 Å². The van der Waals surface area contributed by atoms with Crippen LogP contribution in [0.15, 0.2) is 60.7 Å². The maximum atomic E-state index is 11.2. The monoisotopic (exact) mass is 282 g/mol. The van der Waals surface area contributed by atoms with Crippen molar-refractivity contribution in [3.8, 4) is 0 Å². The summed E-state index contributed by atoms with van der Waals surface area (Å²) in [6.45, 7) is 8.48. The van der Waals surface area contributed by atoms with Gasteiger partial charge in [0.2, 0.25) is 0 Å². The predicted octanol–water partition coefficient (Wildman–Crippen LogP) is 4.79. The average Bonchev–Trinajstić information content (AvgIpc) is 2.50. The second kappa shape index (κ2) is 6.03. The lowest BCUT2D eigenvalue weighted by Gasteiger charge is -2.44. The first-order chi connectivity index (χ1) is 9.93. The van der Waals surface area contributed by atoms with Gasteiger partial charge in [-0.05, 0) is 23.0 Å². The molecule has 21 heavy (non-hydrogen) atoms. The van der Waals surface area contributed by atoms with E-state index in [1.54, 1.807) is 0 Å². The molecular weight excluding hydrogens is 256 g/mol. The van der Waals surface area contributed by atoms with Gasteiger partial charge in [-0.25, -0.2) is 0 Å². The highest BCUT2D eigenvalue weighted by atomic mass is 16.3. The zero-order valence-corrected chi connectivity index (χ0v) is 13.5. The number of benzene rings is 2. The molecule has 2 aromatic rings. The van der Waals surface area contributed by atoms with Crippen molar-refractivity contribution in [2.24, 2.45) is 5.41 Å². The Kier molecular flexibility index (Phi) is 4.53. The minimum absolute atomic E-state index is 0.193. The van der Waals surface area contributed by atoms with Crippen molar-refractivity contribution in [1.82, 2.24) is 0 Å². The zero-order valence-electron chi connectivity index (χ0n) is 13.5. The van der Waals surface area contributed by atoms with E-state index in [9.17, 15) is 5.11 Å². The normalized spacial score (nSPS) is 14.0. The molecule has 0 aliphatic rings. The van der Waals surface area contributed by atoms with Gasteiger partial charge in [0.15, 0.2) is 0 Å². The van der Waals surface area contributed by atoms with Crippen molar-refractivity contribution < 1.29 is 5.11 Å². The fourth-order valence-corrected chi connectivity index (χ4v) is 3.29. The maximum absolute atomic E-state index is 11.2. The summed E-state index contributed by atoms with van der Waals surface area (Å²) in [5, 5.41) is 11.2. The SMILES string of the molecule is CCC(c1ccccc1)(c1ccccc1)C(O)C(C)(C)C. The Morgan fingerprint density at radius 2 is 1.19 bits per heavy atom.